The Labute approximate surface area is 164 Å². The van der Waals surface area contributed by atoms with E-state index in [1.807, 2.05) is 48.7 Å². The van der Waals surface area contributed by atoms with Crippen LogP contribution < -0.4 is 15.0 Å². The first-order chi connectivity index (χ1) is 13.3. The third kappa shape index (κ3) is 3.78. The summed E-state index contributed by atoms with van der Waals surface area (Å²) in [6.45, 7) is 3.69. The van der Waals surface area contributed by atoms with Crippen molar-refractivity contribution in [3.05, 3.63) is 77.6 Å². The molecule has 7 nitrogen and oxygen atoms in total. The molecule has 28 heavy (non-hydrogen) atoms. The first-order valence-corrected chi connectivity index (χ1v) is 10.0. The Kier molecular flexibility index (Phi) is 5.53. The van der Waals surface area contributed by atoms with Crippen molar-refractivity contribution in [1.82, 2.24) is 14.8 Å². The molecule has 146 valence electrons. The van der Waals surface area contributed by atoms with Crippen molar-refractivity contribution in [2.75, 3.05) is 7.11 Å². The van der Waals surface area contributed by atoms with Crippen LogP contribution in [0.25, 0.3) is 5.69 Å². The number of para-hydroxylation sites is 2. The number of hydrogen-bond donors (Lipinski definition) is 2. The Morgan fingerprint density at radius 3 is 2.32 bits per heavy atom. The van der Waals surface area contributed by atoms with Gasteiger partial charge in [0.1, 0.15) is 10.6 Å². The maximum atomic E-state index is 12.6. The Hall–Kier alpha value is -3.10. The molecular weight excluding hydrogens is 378 g/mol. The number of hydrazine groups is 1. The first kappa shape index (κ1) is 19.7. The van der Waals surface area contributed by atoms with Crippen LogP contribution in [0.4, 0.5) is 0 Å². The van der Waals surface area contributed by atoms with Gasteiger partial charge in [-0.25, -0.2) is 8.42 Å². The number of rotatable bonds is 6. The highest BCUT2D eigenvalue weighted by Gasteiger charge is 2.22. The van der Waals surface area contributed by atoms with Gasteiger partial charge in [-0.05, 0) is 44.2 Å². The second-order valence-corrected chi connectivity index (χ2v) is 7.82. The molecule has 0 bridgehead atoms. The zero-order valence-corrected chi connectivity index (χ0v) is 16.6. The standard InChI is InChI=1S/C20H21N3O4S/c1-14-13-17(15(2)23(14)16-9-5-4-6-10-16)20(24)21-22-28(25,26)19-12-8-7-11-18(19)27-3/h4-13,22H,1-3H3,(H,21,24). The van der Waals surface area contributed by atoms with Crippen LogP contribution in [0.1, 0.15) is 21.7 Å². The van der Waals surface area contributed by atoms with Crippen LogP contribution in [0.5, 0.6) is 5.75 Å². The average Bonchev–Trinajstić information content (AvgIpc) is 3.01. The summed E-state index contributed by atoms with van der Waals surface area (Å²) in [5, 5.41) is 0. The van der Waals surface area contributed by atoms with Gasteiger partial charge < -0.3 is 9.30 Å². The minimum Gasteiger partial charge on any atom is -0.495 e. The van der Waals surface area contributed by atoms with Crippen molar-refractivity contribution >= 4 is 15.9 Å². The molecule has 3 rings (SSSR count). The van der Waals surface area contributed by atoms with Crippen molar-refractivity contribution in [3.8, 4) is 11.4 Å². The smallest absolute Gasteiger partial charge is 0.268 e. The minimum absolute atomic E-state index is 0.0624. The number of amides is 1. The number of nitrogens with one attached hydrogen (secondary N) is 2. The van der Waals surface area contributed by atoms with Crippen LogP contribution in [-0.2, 0) is 10.0 Å². The number of ether oxygens (including phenoxy) is 1. The van der Waals surface area contributed by atoms with Crippen LogP contribution in [0, 0.1) is 13.8 Å². The number of aryl methyl sites for hydroxylation is 1. The van der Waals surface area contributed by atoms with Gasteiger partial charge in [0, 0.05) is 17.1 Å². The van der Waals surface area contributed by atoms with Gasteiger partial charge >= 0.3 is 0 Å². The van der Waals surface area contributed by atoms with Gasteiger partial charge in [0.25, 0.3) is 15.9 Å². The zero-order chi connectivity index (χ0) is 20.3. The van der Waals surface area contributed by atoms with E-state index in [1.165, 1.54) is 19.2 Å². The van der Waals surface area contributed by atoms with Crippen molar-refractivity contribution in [3.63, 3.8) is 0 Å². The monoisotopic (exact) mass is 399 g/mol. The number of carbonyl (C=O) groups excluding carboxylic acids is 1. The molecule has 0 atom stereocenters. The van der Waals surface area contributed by atoms with E-state index < -0.39 is 15.9 Å². The molecule has 0 unspecified atom stereocenters. The Balaban J connectivity index is 1.83. The van der Waals surface area contributed by atoms with E-state index in [-0.39, 0.29) is 10.6 Å². The predicted molar refractivity (Wildman–Crippen MR) is 106 cm³/mol. The minimum atomic E-state index is -3.99. The molecule has 2 N–H and O–H groups in total. The SMILES string of the molecule is COc1ccccc1S(=O)(=O)NNC(=O)c1cc(C)n(-c2ccccc2)c1C. The molecule has 1 aromatic heterocycles. The summed E-state index contributed by atoms with van der Waals surface area (Å²) in [7, 11) is -2.61. The molecule has 8 heteroatoms. The summed E-state index contributed by atoms with van der Waals surface area (Å²) >= 11 is 0. The lowest BCUT2D eigenvalue weighted by Gasteiger charge is -2.12. The molecule has 3 aromatic rings. The normalized spacial score (nSPS) is 11.2. The maximum absolute atomic E-state index is 12.6. The number of hydrogen-bond acceptors (Lipinski definition) is 4. The lowest BCUT2D eigenvalue weighted by molar-refractivity contribution is 0.0944. The van der Waals surface area contributed by atoms with Gasteiger partial charge in [-0.1, -0.05) is 30.3 Å². The van der Waals surface area contributed by atoms with E-state index in [0.717, 1.165) is 11.4 Å². The van der Waals surface area contributed by atoms with E-state index in [9.17, 15) is 13.2 Å². The lowest BCUT2D eigenvalue weighted by atomic mass is 10.2. The van der Waals surface area contributed by atoms with Crippen LogP contribution in [0.3, 0.4) is 0 Å². The zero-order valence-electron chi connectivity index (χ0n) is 15.8. The Morgan fingerprint density at radius 2 is 1.64 bits per heavy atom. The second-order valence-electron chi connectivity index (χ2n) is 6.17. The quantitative estimate of drug-likeness (QED) is 0.624. The van der Waals surface area contributed by atoms with E-state index in [1.54, 1.807) is 18.2 Å². The molecular formula is C20H21N3O4S. The Morgan fingerprint density at radius 1 is 1.00 bits per heavy atom. The molecule has 1 amide bonds. The van der Waals surface area contributed by atoms with Crippen LogP contribution in [0.15, 0.2) is 65.6 Å². The molecule has 0 radical (unpaired) electrons. The highest BCUT2D eigenvalue weighted by molar-refractivity contribution is 7.89. The molecule has 2 aromatic carbocycles. The van der Waals surface area contributed by atoms with Crippen molar-refractivity contribution < 1.29 is 17.9 Å². The van der Waals surface area contributed by atoms with Crippen molar-refractivity contribution in [1.29, 1.82) is 0 Å². The van der Waals surface area contributed by atoms with Gasteiger partial charge in [0.05, 0.1) is 12.7 Å². The summed E-state index contributed by atoms with van der Waals surface area (Å²) in [4.78, 5) is 14.7. The van der Waals surface area contributed by atoms with Gasteiger partial charge in [-0.3, -0.25) is 10.2 Å². The van der Waals surface area contributed by atoms with Crippen LogP contribution >= 0.6 is 0 Å². The number of sulfonamides is 1. The lowest BCUT2D eigenvalue weighted by Crippen LogP contribution is -2.41. The molecule has 0 aliphatic heterocycles. The van der Waals surface area contributed by atoms with Gasteiger partial charge in [0.2, 0.25) is 0 Å². The summed E-state index contributed by atoms with van der Waals surface area (Å²) < 4.78 is 32.0. The van der Waals surface area contributed by atoms with E-state index in [2.05, 4.69) is 10.3 Å². The third-order valence-electron chi connectivity index (χ3n) is 4.35. The van der Waals surface area contributed by atoms with Crippen molar-refractivity contribution in [2.45, 2.75) is 18.7 Å². The largest absolute Gasteiger partial charge is 0.495 e. The fourth-order valence-corrected chi connectivity index (χ4v) is 4.05. The molecule has 0 saturated carbocycles. The Bertz CT molecular complexity index is 1110. The summed E-state index contributed by atoms with van der Waals surface area (Å²) in [5.41, 5.74) is 5.15. The molecule has 0 aliphatic carbocycles. The molecule has 0 aliphatic rings. The number of methoxy groups -OCH3 is 1. The summed E-state index contributed by atoms with van der Waals surface area (Å²) in [6, 6.07) is 17.5. The van der Waals surface area contributed by atoms with Gasteiger partial charge in [-0.15, -0.1) is 4.83 Å². The van der Waals surface area contributed by atoms with E-state index in [0.29, 0.717) is 11.3 Å². The average molecular weight is 399 g/mol. The fourth-order valence-electron chi connectivity index (χ4n) is 3.04. The van der Waals surface area contributed by atoms with Crippen molar-refractivity contribution in [2.24, 2.45) is 0 Å². The number of carbonyl (C=O) groups is 1. The highest BCUT2D eigenvalue weighted by Crippen LogP contribution is 2.23. The van der Waals surface area contributed by atoms with Crippen LogP contribution in [0.2, 0.25) is 0 Å². The second kappa shape index (κ2) is 7.87. The number of nitrogens with zero attached hydrogens (tertiary/aromatic N) is 1. The van der Waals surface area contributed by atoms with Gasteiger partial charge in [0.15, 0.2) is 0 Å². The van der Waals surface area contributed by atoms with E-state index >= 15 is 0 Å². The predicted octanol–water partition coefficient (Wildman–Crippen LogP) is 2.73. The molecule has 0 saturated heterocycles. The highest BCUT2D eigenvalue weighted by atomic mass is 32.2. The number of benzene rings is 2. The fraction of sp³-hybridized carbons (Fsp3) is 0.150. The molecule has 0 fully saturated rings. The summed E-state index contributed by atoms with van der Waals surface area (Å²) in [5.74, 6) is -0.361. The topological polar surface area (TPSA) is 89.4 Å². The third-order valence-corrected chi connectivity index (χ3v) is 5.63. The summed E-state index contributed by atoms with van der Waals surface area (Å²) in [6.07, 6.45) is 0. The van der Waals surface area contributed by atoms with Gasteiger partial charge in [-0.2, -0.15) is 0 Å². The first-order valence-electron chi connectivity index (χ1n) is 8.54. The molecule has 1 heterocycles. The van der Waals surface area contributed by atoms with E-state index in [4.69, 9.17) is 4.74 Å². The maximum Gasteiger partial charge on any atom is 0.268 e. The molecule has 0 spiro atoms. The number of aromatic nitrogens is 1. The van der Waals surface area contributed by atoms with Crippen LogP contribution in [-0.4, -0.2) is 26.0 Å².